The summed E-state index contributed by atoms with van der Waals surface area (Å²) in [6.07, 6.45) is -3.10. The number of alkyl halides is 3. The molecule has 2 N–H and O–H groups in total. The molecule has 2 aromatic heterocycles. The highest BCUT2D eigenvalue weighted by Gasteiger charge is 2.35. The van der Waals surface area contributed by atoms with E-state index in [9.17, 15) is 27.2 Å². The van der Waals surface area contributed by atoms with E-state index in [0.29, 0.717) is 38.3 Å². The smallest absolute Gasteiger partial charge is 0.363 e. The normalized spacial score (nSPS) is 15.2. The Kier molecular flexibility index (Phi) is 8.62. The molecule has 0 saturated carbocycles. The van der Waals surface area contributed by atoms with Gasteiger partial charge in [0.15, 0.2) is 0 Å². The predicted octanol–water partition coefficient (Wildman–Crippen LogP) is 4.00. The van der Waals surface area contributed by atoms with Gasteiger partial charge in [-0.2, -0.15) is 13.2 Å². The monoisotopic (exact) mass is 602 g/mol. The SMILES string of the molecule is Cc1c(N2CCN(Cc3nccs3)CC2)c(=O)n(C[C@H](N)c2ccccc2)c(=O)n1Cc1c(F)cccc1C(F)(F)F. The van der Waals surface area contributed by atoms with E-state index in [1.165, 1.54) is 6.92 Å². The number of aromatic nitrogens is 3. The third kappa shape index (κ3) is 6.18. The van der Waals surface area contributed by atoms with Gasteiger partial charge in [0.1, 0.15) is 16.5 Å². The number of nitrogens with two attached hydrogens (primary N) is 1. The van der Waals surface area contributed by atoms with Gasteiger partial charge < -0.3 is 10.6 Å². The largest absolute Gasteiger partial charge is 0.416 e. The van der Waals surface area contributed by atoms with E-state index < -0.39 is 47.0 Å². The zero-order valence-electron chi connectivity index (χ0n) is 22.9. The van der Waals surface area contributed by atoms with Crippen molar-refractivity contribution in [1.82, 2.24) is 19.0 Å². The van der Waals surface area contributed by atoms with Crippen molar-refractivity contribution in [2.75, 3.05) is 31.1 Å². The molecule has 1 fully saturated rings. The molecule has 1 saturated heterocycles. The van der Waals surface area contributed by atoms with Gasteiger partial charge in [0.2, 0.25) is 0 Å². The first-order chi connectivity index (χ1) is 20.0. The van der Waals surface area contributed by atoms with Gasteiger partial charge in [0.05, 0.1) is 25.2 Å². The molecule has 42 heavy (non-hydrogen) atoms. The molecule has 1 aliphatic heterocycles. The first-order valence-electron chi connectivity index (χ1n) is 13.4. The van der Waals surface area contributed by atoms with Crippen molar-refractivity contribution in [2.45, 2.75) is 38.8 Å². The Bertz CT molecular complexity index is 1650. The first kappa shape index (κ1) is 29.7. The number of hydrogen-bond donors (Lipinski definition) is 1. The lowest BCUT2D eigenvalue weighted by Gasteiger charge is -2.36. The quantitative estimate of drug-likeness (QED) is 0.307. The van der Waals surface area contributed by atoms with Crippen molar-refractivity contribution >= 4 is 17.0 Å². The van der Waals surface area contributed by atoms with Gasteiger partial charge in [-0.25, -0.2) is 14.2 Å². The van der Waals surface area contributed by atoms with Crippen LogP contribution >= 0.6 is 11.3 Å². The summed E-state index contributed by atoms with van der Waals surface area (Å²) in [4.78, 5) is 36.0. The van der Waals surface area contributed by atoms with Crippen LogP contribution in [0.4, 0.5) is 23.2 Å². The maximum atomic E-state index is 14.9. The van der Waals surface area contributed by atoms with E-state index in [0.717, 1.165) is 32.3 Å². The van der Waals surface area contributed by atoms with E-state index in [4.69, 9.17) is 5.73 Å². The second-order valence-electron chi connectivity index (χ2n) is 10.2. The highest BCUT2D eigenvalue weighted by molar-refractivity contribution is 7.09. The van der Waals surface area contributed by atoms with Gasteiger partial charge in [-0.3, -0.25) is 18.8 Å². The summed E-state index contributed by atoms with van der Waals surface area (Å²) in [6, 6.07) is 10.8. The van der Waals surface area contributed by atoms with E-state index >= 15 is 0 Å². The van der Waals surface area contributed by atoms with Gasteiger partial charge in [0.25, 0.3) is 5.56 Å². The van der Waals surface area contributed by atoms with Crippen molar-refractivity contribution in [3.63, 3.8) is 0 Å². The zero-order chi connectivity index (χ0) is 30.0. The molecule has 0 amide bonds. The Morgan fingerprint density at radius 2 is 1.69 bits per heavy atom. The maximum absolute atomic E-state index is 14.9. The standard InChI is InChI=1S/C29H30F4N6O2S/c1-19-26(37-13-11-36(12-14-37)18-25-35-10-15-42-25)27(40)39(17-24(34)20-6-3-2-4-7-20)28(41)38(19)16-21-22(29(31,32)33)8-5-9-23(21)30/h2-10,15,24H,11-14,16-18,34H2,1H3/t24-/m0/s1. The Morgan fingerprint density at radius 1 is 0.976 bits per heavy atom. The fourth-order valence-corrected chi connectivity index (χ4v) is 5.95. The topological polar surface area (TPSA) is 89.4 Å². The molecule has 13 heteroatoms. The molecule has 3 heterocycles. The Balaban J connectivity index is 1.56. The van der Waals surface area contributed by atoms with Gasteiger partial charge >= 0.3 is 11.9 Å². The third-order valence-corrected chi connectivity index (χ3v) is 8.30. The summed E-state index contributed by atoms with van der Waals surface area (Å²) in [6.45, 7) is 3.35. The van der Waals surface area contributed by atoms with Crippen molar-refractivity contribution in [3.8, 4) is 0 Å². The average molecular weight is 603 g/mol. The van der Waals surface area contributed by atoms with E-state index in [1.54, 1.807) is 47.9 Å². The van der Waals surface area contributed by atoms with Crippen LogP contribution < -0.4 is 21.9 Å². The minimum atomic E-state index is -4.84. The van der Waals surface area contributed by atoms with Crippen molar-refractivity contribution in [3.05, 3.63) is 114 Å². The van der Waals surface area contributed by atoms with Crippen LogP contribution in [0.25, 0.3) is 0 Å². The first-order valence-corrected chi connectivity index (χ1v) is 14.3. The number of piperazine rings is 1. The van der Waals surface area contributed by atoms with Crippen LogP contribution in [0.15, 0.2) is 69.7 Å². The Morgan fingerprint density at radius 3 is 2.33 bits per heavy atom. The van der Waals surface area contributed by atoms with Crippen LogP contribution in [0, 0.1) is 12.7 Å². The lowest BCUT2D eigenvalue weighted by molar-refractivity contribution is -0.138. The van der Waals surface area contributed by atoms with Gasteiger partial charge in [-0.05, 0) is 24.6 Å². The van der Waals surface area contributed by atoms with Crippen LogP contribution in [0.1, 0.15) is 33.4 Å². The highest BCUT2D eigenvalue weighted by Crippen LogP contribution is 2.33. The number of thiazole rings is 1. The van der Waals surface area contributed by atoms with Crippen LogP contribution in [0.5, 0.6) is 0 Å². The van der Waals surface area contributed by atoms with E-state index in [2.05, 4.69) is 9.88 Å². The van der Waals surface area contributed by atoms with Crippen LogP contribution in [-0.2, 0) is 25.8 Å². The van der Waals surface area contributed by atoms with Crippen LogP contribution in [0.2, 0.25) is 0 Å². The number of nitrogens with zero attached hydrogens (tertiary/aromatic N) is 5. The van der Waals surface area contributed by atoms with Crippen LogP contribution in [0.3, 0.4) is 0 Å². The molecule has 222 valence electrons. The number of benzene rings is 2. The van der Waals surface area contributed by atoms with Gasteiger partial charge in [-0.15, -0.1) is 11.3 Å². The predicted molar refractivity (Wildman–Crippen MR) is 153 cm³/mol. The second kappa shape index (κ2) is 12.2. The summed E-state index contributed by atoms with van der Waals surface area (Å²) in [5.41, 5.74) is 4.13. The maximum Gasteiger partial charge on any atom is 0.416 e. The molecule has 1 aliphatic rings. The average Bonchev–Trinajstić information content (AvgIpc) is 3.48. The molecule has 0 aliphatic carbocycles. The van der Waals surface area contributed by atoms with E-state index in [1.807, 2.05) is 10.3 Å². The van der Waals surface area contributed by atoms with Crippen molar-refractivity contribution in [2.24, 2.45) is 5.73 Å². The lowest BCUT2D eigenvalue weighted by atomic mass is 10.1. The lowest BCUT2D eigenvalue weighted by Crippen LogP contribution is -2.51. The summed E-state index contributed by atoms with van der Waals surface area (Å²) in [7, 11) is 0. The molecule has 4 aromatic rings. The second-order valence-corrected chi connectivity index (χ2v) is 11.2. The van der Waals surface area contributed by atoms with Gasteiger partial charge in [0, 0.05) is 55.1 Å². The van der Waals surface area contributed by atoms with E-state index in [-0.39, 0.29) is 17.9 Å². The Labute approximate surface area is 243 Å². The zero-order valence-corrected chi connectivity index (χ0v) is 23.7. The fourth-order valence-electron chi connectivity index (χ4n) is 5.30. The molecule has 2 aromatic carbocycles. The van der Waals surface area contributed by atoms with Crippen molar-refractivity contribution in [1.29, 1.82) is 0 Å². The summed E-state index contributed by atoms with van der Waals surface area (Å²) in [5, 5.41) is 2.87. The molecule has 8 nitrogen and oxygen atoms in total. The molecule has 0 radical (unpaired) electrons. The Hall–Kier alpha value is -3.81. The number of hydrogen-bond acceptors (Lipinski definition) is 7. The van der Waals surface area contributed by atoms with Crippen LogP contribution in [-0.4, -0.2) is 45.2 Å². The summed E-state index contributed by atoms with van der Waals surface area (Å²) >= 11 is 1.55. The number of anilines is 1. The third-order valence-electron chi connectivity index (χ3n) is 7.54. The molecular weight excluding hydrogens is 572 g/mol. The minimum Gasteiger partial charge on any atom is -0.363 e. The molecule has 1 atom stereocenters. The minimum absolute atomic E-state index is 0.166. The molecule has 0 spiro atoms. The number of rotatable bonds is 8. The molecule has 0 bridgehead atoms. The molecule has 5 rings (SSSR count). The van der Waals surface area contributed by atoms with Crippen molar-refractivity contribution < 1.29 is 17.6 Å². The van der Waals surface area contributed by atoms with Gasteiger partial charge in [-0.1, -0.05) is 36.4 Å². The highest BCUT2D eigenvalue weighted by atomic mass is 32.1. The molecular formula is C29H30F4N6O2S. The molecule has 0 unspecified atom stereocenters. The number of halogens is 4. The summed E-state index contributed by atoms with van der Waals surface area (Å²) in [5.74, 6) is -1.09. The fraction of sp³-hybridized carbons (Fsp3) is 0.345. The summed E-state index contributed by atoms with van der Waals surface area (Å²) < 4.78 is 58.4.